The molecule has 0 spiro atoms. The van der Waals surface area contributed by atoms with E-state index in [9.17, 15) is 9.90 Å². The van der Waals surface area contributed by atoms with Crippen molar-refractivity contribution < 1.29 is 9.90 Å². The van der Waals surface area contributed by atoms with Gasteiger partial charge >= 0.3 is 0 Å². The smallest absolute Gasteiger partial charge is 0.168 e. The van der Waals surface area contributed by atoms with E-state index in [0.717, 1.165) is 16.7 Å². The average molecular weight is 220 g/mol. The number of ketones is 1. The number of Topliss-reactive ketones (excluding diaryl/α,β-unsaturated/α-hetero) is 1. The average Bonchev–Trinajstić information content (AvgIpc) is 2.08. The molecule has 0 saturated carbocycles. The fraction of sp³-hybridized carbons (Fsp3) is 0.500. The summed E-state index contributed by atoms with van der Waals surface area (Å²) >= 11 is 0. The van der Waals surface area contributed by atoms with E-state index in [1.54, 1.807) is 0 Å². The third kappa shape index (κ3) is 2.92. The van der Waals surface area contributed by atoms with Crippen molar-refractivity contribution in [2.24, 2.45) is 0 Å². The van der Waals surface area contributed by atoms with E-state index in [1.807, 2.05) is 20.8 Å². The molecule has 0 aliphatic rings. The molecule has 2 heteroatoms. The Kier molecular flexibility index (Phi) is 3.54. The minimum Gasteiger partial charge on any atom is -0.383 e. The molecule has 0 aliphatic heterocycles. The lowest BCUT2D eigenvalue weighted by molar-refractivity contribution is -0.133. The lowest BCUT2D eigenvalue weighted by Crippen LogP contribution is -2.32. The topological polar surface area (TPSA) is 37.3 Å². The van der Waals surface area contributed by atoms with Crippen molar-refractivity contribution >= 4 is 5.78 Å². The molecule has 0 radical (unpaired) electrons. The summed E-state index contributed by atoms with van der Waals surface area (Å²) in [6.07, 6.45) is 0.307. The summed E-state index contributed by atoms with van der Waals surface area (Å²) in [5, 5.41) is 9.63. The van der Waals surface area contributed by atoms with Crippen molar-refractivity contribution in [3.8, 4) is 0 Å². The van der Waals surface area contributed by atoms with Crippen LogP contribution < -0.4 is 0 Å². The van der Waals surface area contributed by atoms with E-state index >= 15 is 0 Å². The number of benzene rings is 1. The van der Waals surface area contributed by atoms with Crippen LogP contribution in [0.5, 0.6) is 0 Å². The first-order valence-electron chi connectivity index (χ1n) is 5.54. The molecule has 0 bridgehead atoms. The molecule has 0 heterocycles. The molecule has 0 saturated heterocycles. The molecule has 88 valence electrons. The van der Waals surface area contributed by atoms with Crippen LogP contribution in [0.15, 0.2) is 12.1 Å². The minimum atomic E-state index is -1.25. The fourth-order valence-electron chi connectivity index (χ4n) is 1.87. The molecule has 0 aromatic heterocycles. The van der Waals surface area contributed by atoms with Crippen LogP contribution in [0.1, 0.15) is 36.1 Å². The summed E-state index contributed by atoms with van der Waals surface area (Å²) in [6.45, 7) is 9.13. The van der Waals surface area contributed by atoms with Crippen molar-refractivity contribution in [2.45, 2.75) is 46.6 Å². The Labute approximate surface area is 97.3 Å². The van der Waals surface area contributed by atoms with E-state index in [2.05, 4.69) is 12.1 Å². The van der Waals surface area contributed by atoms with Gasteiger partial charge in [-0.15, -0.1) is 0 Å². The zero-order valence-corrected chi connectivity index (χ0v) is 10.7. The molecule has 2 nitrogen and oxygen atoms in total. The van der Waals surface area contributed by atoms with Gasteiger partial charge in [-0.05, 0) is 51.3 Å². The maximum Gasteiger partial charge on any atom is 0.168 e. The SMILES string of the molecule is Cc1cc(C)c(CC(=O)C(C)(C)O)c(C)c1. The Morgan fingerprint density at radius 3 is 2.00 bits per heavy atom. The Balaban J connectivity index is 3.03. The summed E-state index contributed by atoms with van der Waals surface area (Å²) in [5.41, 5.74) is 3.24. The van der Waals surface area contributed by atoms with Gasteiger partial charge in [0, 0.05) is 6.42 Å². The summed E-state index contributed by atoms with van der Waals surface area (Å²) in [7, 11) is 0. The minimum absolute atomic E-state index is 0.137. The van der Waals surface area contributed by atoms with Crippen LogP contribution >= 0.6 is 0 Å². The molecule has 0 aliphatic carbocycles. The predicted molar refractivity (Wildman–Crippen MR) is 65.7 cm³/mol. The number of aryl methyl sites for hydroxylation is 3. The number of carbonyl (C=O) groups excluding carboxylic acids is 1. The van der Waals surface area contributed by atoms with Gasteiger partial charge in [0.2, 0.25) is 0 Å². The second-order valence-corrected chi connectivity index (χ2v) is 5.04. The predicted octanol–water partition coefficient (Wildman–Crippen LogP) is 2.49. The highest BCUT2D eigenvalue weighted by Crippen LogP contribution is 2.19. The normalized spacial score (nSPS) is 11.6. The van der Waals surface area contributed by atoms with Gasteiger partial charge < -0.3 is 5.11 Å². The quantitative estimate of drug-likeness (QED) is 0.849. The van der Waals surface area contributed by atoms with Crippen molar-refractivity contribution in [1.82, 2.24) is 0 Å². The van der Waals surface area contributed by atoms with Crippen LogP contribution in [0, 0.1) is 20.8 Å². The standard InChI is InChI=1S/C14H20O2/c1-9-6-10(2)12(11(3)7-9)8-13(15)14(4,5)16/h6-7,16H,8H2,1-5H3. The molecule has 0 amide bonds. The lowest BCUT2D eigenvalue weighted by atomic mass is 9.91. The second-order valence-electron chi connectivity index (χ2n) is 5.04. The van der Waals surface area contributed by atoms with Crippen molar-refractivity contribution in [3.63, 3.8) is 0 Å². The van der Waals surface area contributed by atoms with Crippen LogP contribution in [-0.2, 0) is 11.2 Å². The van der Waals surface area contributed by atoms with Gasteiger partial charge in [-0.2, -0.15) is 0 Å². The third-order valence-corrected chi connectivity index (χ3v) is 2.86. The van der Waals surface area contributed by atoms with E-state index in [-0.39, 0.29) is 5.78 Å². The molecule has 1 N–H and O–H groups in total. The second kappa shape index (κ2) is 4.38. The maximum absolute atomic E-state index is 11.8. The van der Waals surface area contributed by atoms with Crippen LogP contribution in [0.3, 0.4) is 0 Å². The van der Waals surface area contributed by atoms with Crippen LogP contribution in [0.2, 0.25) is 0 Å². The highest BCUT2D eigenvalue weighted by molar-refractivity contribution is 5.88. The summed E-state index contributed by atoms with van der Waals surface area (Å²) in [4.78, 5) is 11.8. The fourth-order valence-corrected chi connectivity index (χ4v) is 1.87. The first kappa shape index (κ1) is 12.9. The van der Waals surface area contributed by atoms with Gasteiger partial charge in [0.05, 0.1) is 0 Å². The zero-order chi connectivity index (χ0) is 12.5. The van der Waals surface area contributed by atoms with Crippen LogP contribution in [0.25, 0.3) is 0 Å². The monoisotopic (exact) mass is 220 g/mol. The van der Waals surface area contributed by atoms with E-state index in [4.69, 9.17) is 0 Å². The maximum atomic E-state index is 11.8. The van der Waals surface area contributed by atoms with E-state index < -0.39 is 5.60 Å². The number of hydrogen-bond donors (Lipinski definition) is 1. The van der Waals surface area contributed by atoms with Gasteiger partial charge in [-0.25, -0.2) is 0 Å². The first-order chi connectivity index (χ1) is 7.21. The third-order valence-electron chi connectivity index (χ3n) is 2.86. The molecule has 1 aromatic rings. The molecule has 0 unspecified atom stereocenters. The summed E-state index contributed by atoms with van der Waals surface area (Å²) in [6, 6.07) is 4.14. The zero-order valence-electron chi connectivity index (χ0n) is 10.7. The van der Waals surface area contributed by atoms with Crippen LogP contribution in [-0.4, -0.2) is 16.5 Å². The molecule has 0 atom stereocenters. The lowest BCUT2D eigenvalue weighted by Gasteiger charge is -2.17. The Hall–Kier alpha value is -1.15. The molecule has 1 aromatic carbocycles. The molecular formula is C14H20O2. The Morgan fingerprint density at radius 2 is 1.62 bits per heavy atom. The highest BCUT2D eigenvalue weighted by Gasteiger charge is 2.24. The van der Waals surface area contributed by atoms with E-state index in [0.29, 0.717) is 6.42 Å². The molecule has 0 fully saturated rings. The van der Waals surface area contributed by atoms with Gasteiger partial charge in [0.15, 0.2) is 5.78 Å². The number of carbonyl (C=O) groups is 1. The largest absolute Gasteiger partial charge is 0.383 e. The Bertz CT molecular complexity index is 388. The first-order valence-corrected chi connectivity index (χ1v) is 5.54. The molecule has 1 rings (SSSR count). The van der Waals surface area contributed by atoms with Gasteiger partial charge in [-0.3, -0.25) is 4.79 Å². The summed E-state index contributed by atoms with van der Waals surface area (Å²) < 4.78 is 0. The van der Waals surface area contributed by atoms with Gasteiger partial charge in [0.25, 0.3) is 0 Å². The number of rotatable bonds is 3. The van der Waals surface area contributed by atoms with E-state index in [1.165, 1.54) is 19.4 Å². The number of aliphatic hydroxyl groups is 1. The Morgan fingerprint density at radius 1 is 1.19 bits per heavy atom. The van der Waals surface area contributed by atoms with Crippen molar-refractivity contribution in [3.05, 3.63) is 34.4 Å². The molecular weight excluding hydrogens is 200 g/mol. The highest BCUT2D eigenvalue weighted by atomic mass is 16.3. The summed E-state index contributed by atoms with van der Waals surface area (Å²) in [5.74, 6) is -0.137. The van der Waals surface area contributed by atoms with Crippen molar-refractivity contribution in [1.29, 1.82) is 0 Å². The van der Waals surface area contributed by atoms with Crippen molar-refractivity contribution in [2.75, 3.05) is 0 Å². The number of hydrogen-bond acceptors (Lipinski definition) is 2. The van der Waals surface area contributed by atoms with Crippen LogP contribution in [0.4, 0.5) is 0 Å². The molecule has 16 heavy (non-hydrogen) atoms. The van der Waals surface area contributed by atoms with Gasteiger partial charge in [-0.1, -0.05) is 17.7 Å². The van der Waals surface area contributed by atoms with Gasteiger partial charge in [0.1, 0.15) is 5.60 Å².